The van der Waals surface area contributed by atoms with Gasteiger partial charge in [0, 0.05) is 17.5 Å². The average molecular weight is 452 g/mol. The lowest BCUT2D eigenvalue weighted by molar-refractivity contribution is -0.138. The van der Waals surface area contributed by atoms with E-state index in [4.69, 9.17) is 9.47 Å². The Morgan fingerprint density at radius 2 is 1.70 bits per heavy atom. The Morgan fingerprint density at radius 3 is 2.30 bits per heavy atom. The standard InChI is InChI=1S/C28H34FNO3/c1-3-21(18-29)20-33-24-10-8-23(9-11-24)27-12-15-28(16-13-27,17-14-27)26(31)30-19-22-6-4-5-7-25(22)32-2/h4-11,18H,3,12-17,19-20H2,1-2H3,(H,30,31)/b21-18+. The number of rotatable bonds is 9. The van der Waals surface area contributed by atoms with Crippen LogP contribution >= 0.6 is 0 Å². The summed E-state index contributed by atoms with van der Waals surface area (Å²) >= 11 is 0. The highest BCUT2D eigenvalue weighted by molar-refractivity contribution is 5.83. The van der Waals surface area contributed by atoms with Gasteiger partial charge >= 0.3 is 0 Å². The van der Waals surface area contributed by atoms with Crippen LogP contribution in [0.25, 0.3) is 0 Å². The number of halogens is 1. The van der Waals surface area contributed by atoms with Crippen LogP contribution in [0.4, 0.5) is 4.39 Å². The molecule has 3 aliphatic rings. The molecule has 2 bridgehead atoms. The molecule has 3 fully saturated rings. The second kappa shape index (κ2) is 9.98. The van der Waals surface area contributed by atoms with Gasteiger partial charge in [0.2, 0.25) is 5.91 Å². The van der Waals surface area contributed by atoms with Crippen LogP contribution in [0.5, 0.6) is 11.5 Å². The van der Waals surface area contributed by atoms with Gasteiger partial charge in [-0.05, 0) is 79.7 Å². The molecule has 0 unspecified atom stereocenters. The van der Waals surface area contributed by atoms with Gasteiger partial charge in [0.15, 0.2) is 0 Å². The molecule has 0 radical (unpaired) electrons. The van der Waals surface area contributed by atoms with Gasteiger partial charge in [-0.2, -0.15) is 0 Å². The van der Waals surface area contributed by atoms with Crippen molar-refractivity contribution < 1.29 is 18.7 Å². The van der Waals surface area contributed by atoms with E-state index in [0.717, 1.165) is 55.6 Å². The molecule has 33 heavy (non-hydrogen) atoms. The molecule has 0 aromatic heterocycles. The molecule has 1 amide bonds. The summed E-state index contributed by atoms with van der Waals surface area (Å²) in [6, 6.07) is 16.1. The van der Waals surface area contributed by atoms with Crippen molar-refractivity contribution in [2.75, 3.05) is 13.7 Å². The molecule has 5 heteroatoms. The Bertz CT molecular complexity index is 974. The van der Waals surface area contributed by atoms with E-state index in [1.807, 2.05) is 43.3 Å². The minimum Gasteiger partial charge on any atom is -0.496 e. The number of hydrogen-bond acceptors (Lipinski definition) is 3. The molecule has 2 aromatic rings. The summed E-state index contributed by atoms with van der Waals surface area (Å²) < 4.78 is 23.9. The molecular formula is C28H34FNO3. The van der Waals surface area contributed by atoms with E-state index in [1.54, 1.807) is 7.11 Å². The van der Waals surface area contributed by atoms with Crippen molar-refractivity contribution in [3.05, 3.63) is 71.6 Å². The van der Waals surface area contributed by atoms with Gasteiger partial charge in [-0.25, -0.2) is 4.39 Å². The fourth-order valence-electron chi connectivity index (χ4n) is 5.46. The molecule has 0 atom stereocenters. The molecule has 0 aliphatic heterocycles. The number of carbonyl (C=O) groups excluding carboxylic acids is 1. The van der Waals surface area contributed by atoms with Crippen LogP contribution in [-0.4, -0.2) is 19.6 Å². The van der Waals surface area contributed by atoms with Crippen LogP contribution in [-0.2, 0) is 16.8 Å². The lowest BCUT2D eigenvalue weighted by Gasteiger charge is -2.52. The zero-order valence-electron chi connectivity index (χ0n) is 19.7. The number of para-hydroxylation sites is 1. The molecule has 5 rings (SSSR count). The van der Waals surface area contributed by atoms with Crippen LogP contribution in [0.1, 0.15) is 63.0 Å². The van der Waals surface area contributed by atoms with Crippen LogP contribution in [0.15, 0.2) is 60.4 Å². The van der Waals surface area contributed by atoms with Crippen molar-refractivity contribution in [2.24, 2.45) is 5.41 Å². The number of fused-ring (bicyclic) bond motifs is 3. The van der Waals surface area contributed by atoms with E-state index < -0.39 is 0 Å². The maximum Gasteiger partial charge on any atom is 0.226 e. The Labute approximate surface area is 196 Å². The number of hydrogen-bond donors (Lipinski definition) is 1. The third-order valence-corrected chi connectivity index (χ3v) is 7.86. The van der Waals surface area contributed by atoms with Gasteiger partial charge in [-0.3, -0.25) is 4.79 Å². The minimum absolute atomic E-state index is 0.149. The Kier molecular flexibility index (Phi) is 7.06. The predicted octanol–water partition coefficient (Wildman–Crippen LogP) is 6.25. The maximum atomic E-state index is 13.2. The first-order chi connectivity index (χ1) is 16.0. The zero-order chi connectivity index (χ0) is 23.3. The molecule has 176 valence electrons. The summed E-state index contributed by atoms with van der Waals surface area (Å²) in [5.41, 5.74) is 2.88. The number of methoxy groups -OCH3 is 1. The first-order valence-corrected chi connectivity index (χ1v) is 12.0. The van der Waals surface area contributed by atoms with Crippen molar-refractivity contribution in [1.29, 1.82) is 0 Å². The third kappa shape index (κ3) is 4.78. The molecule has 3 aliphatic carbocycles. The van der Waals surface area contributed by atoms with Crippen LogP contribution in [0.2, 0.25) is 0 Å². The Balaban J connectivity index is 1.36. The van der Waals surface area contributed by atoms with Gasteiger partial charge in [-0.15, -0.1) is 0 Å². The number of amides is 1. The SMILES string of the molecule is CC/C(=C\F)COc1ccc(C23CCC(C(=O)NCc4ccccc4OC)(CC2)CC3)cc1. The van der Waals surface area contributed by atoms with Crippen molar-refractivity contribution in [1.82, 2.24) is 5.32 Å². The fraction of sp³-hybridized carbons (Fsp3) is 0.464. The largest absolute Gasteiger partial charge is 0.496 e. The highest BCUT2D eigenvalue weighted by atomic mass is 19.1. The molecule has 0 saturated heterocycles. The van der Waals surface area contributed by atoms with E-state index in [-0.39, 0.29) is 23.3 Å². The number of benzene rings is 2. The first kappa shape index (κ1) is 23.3. The lowest BCUT2D eigenvalue weighted by Crippen LogP contribution is -2.51. The summed E-state index contributed by atoms with van der Waals surface area (Å²) in [5.74, 6) is 1.75. The fourth-order valence-corrected chi connectivity index (χ4v) is 5.46. The highest BCUT2D eigenvalue weighted by Gasteiger charge is 2.52. The van der Waals surface area contributed by atoms with E-state index in [1.165, 1.54) is 5.56 Å². The van der Waals surface area contributed by atoms with Gasteiger partial charge in [0.25, 0.3) is 0 Å². The second-order valence-electron chi connectivity index (χ2n) is 9.49. The van der Waals surface area contributed by atoms with Crippen molar-refractivity contribution in [3.8, 4) is 11.5 Å². The molecule has 4 nitrogen and oxygen atoms in total. The summed E-state index contributed by atoms with van der Waals surface area (Å²) in [4.78, 5) is 13.2. The van der Waals surface area contributed by atoms with E-state index in [2.05, 4.69) is 17.4 Å². The number of nitrogens with one attached hydrogen (secondary N) is 1. The molecular weight excluding hydrogens is 417 g/mol. The molecule has 1 N–H and O–H groups in total. The van der Waals surface area contributed by atoms with E-state index in [0.29, 0.717) is 24.9 Å². The smallest absolute Gasteiger partial charge is 0.226 e. The van der Waals surface area contributed by atoms with Crippen molar-refractivity contribution >= 4 is 5.91 Å². The minimum atomic E-state index is -0.248. The number of ether oxygens (including phenoxy) is 2. The second-order valence-corrected chi connectivity index (χ2v) is 9.49. The van der Waals surface area contributed by atoms with Gasteiger partial charge in [-0.1, -0.05) is 37.3 Å². The summed E-state index contributed by atoms with van der Waals surface area (Å²) in [7, 11) is 1.66. The van der Waals surface area contributed by atoms with Crippen LogP contribution in [0.3, 0.4) is 0 Å². The Morgan fingerprint density at radius 1 is 1.03 bits per heavy atom. The van der Waals surface area contributed by atoms with E-state index >= 15 is 0 Å². The quantitative estimate of drug-likeness (QED) is 0.490. The molecule has 2 aromatic carbocycles. The monoisotopic (exact) mass is 451 g/mol. The zero-order valence-corrected chi connectivity index (χ0v) is 19.7. The topological polar surface area (TPSA) is 47.6 Å². The van der Waals surface area contributed by atoms with Crippen LogP contribution < -0.4 is 14.8 Å². The highest BCUT2D eigenvalue weighted by Crippen LogP contribution is 2.58. The van der Waals surface area contributed by atoms with Gasteiger partial charge in [0.05, 0.1) is 13.4 Å². The van der Waals surface area contributed by atoms with E-state index in [9.17, 15) is 9.18 Å². The molecule has 0 heterocycles. The van der Waals surface area contributed by atoms with Crippen molar-refractivity contribution in [3.63, 3.8) is 0 Å². The average Bonchev–Trinajstić information content (AvgIpc) is 2.89. The molecule has 3 saturated carbocycles. The van der Waals surface area contributed by atoms with Gasteiger partial charge in [0.1, 0.15) is 18.1 Å². The summed E-state index contributed by atoms with van der Waals surface area (Å²) in [6.45, 7) is 2.69. The maximum absolute atomic E-state index is 13.2. The van der Waals surface area contributed by atoms with Crippen LogP contribution in [0, 0.1) is 5.41 Å². The number of carbonyl (C=O) groups is 1. The summed E-state index contributed by atoms with van der Waals surface area (Å²) in [5, 5.41) is 3.19. The summed E-state index contributed by atoms with van der Waals surface area (Å²) in [6.07, 6.45) is 7.13. The molecule has 0 spiro atoms. The van der Waals surface area contributed by atoms with Gasteiger partial charge < -0.3 is 14.8 Å². The Hall–Kier alpha value is -2.82. The first-order valence-electron chi connectivity index (χ1n) is 12.0. The normalized spacial score (nSPS) is 24.4. The predicted molar refractivity (Wildman–Crippen MR) is 128 cm³/mol. The lowest BCUT2D eigenvalue weighted by atomic mass is 9.51. The third-order valence-electron chi connectivity index (χ3n) is 7.86. The van der Waals surface area contributed by atoms with Crippen molar-refractivity contribution in [2.45, 2.75) is 63.8 Å².